The lowest BCUT2D eigenvalue weighted by atomic mass is 10.1. The summed E-state index contributed by atoms with van der Waals surface area (Å²) in [4.78, 5) is 8.33. The molecule has 0 spiro atoms. The van der Waals surface area contributed by atoms with Gasteiger partial charge in [0.2, 0.25) is 5.95 Å². The summed E-state index contributed by atoms with van der Waals surface area (Å²) in [5.41, 5.74) is 8.74. The van der Waals surface area contributed by atoms with Crippen molar-refractivity contribution in [2.24, 2.45) is 0 Å². The average Bonchev–Trinajstić information content (AvgIpc) is 2.40. The Kier molecular flexibility index (Phi) is 3.94. The summed E-state index contributed by atoms with van der Waals surface area (Å²) in [5.74, 6) is 0.493. The van der Waals surface area contributed by atoms with Crippen LogP contribution >= 0.6 is 0 Å². The SMILES string of the molecule is Cc1cc(C#N)nc(NCCc2ccc(N)cc2)n1. The predicted octanol–water partition coefficient (Wildman–Crippen LogP) is 1.89. The van der Waals surface area contributed by atoms with E-state index in [1.54, 1.807) is 6.07 Å². The molecular formula is C14H15N5. The van der Waals surface area contributed by atoms with Crippen LogP contribution in [0.1, 0.15) is 17.0 Å². The highest BCUT2D eigenvalue weighted by molar-refractivity contribution is 5.39. The zero-order valence-electron chi connectivity index (χ0n) is 10.7. The van der Waals surface area contributed by atoms with Gasteiger partial charge in [0.15, 0.2) is 0 Å². The van der Waals surface area contributed by atoms with Gasteiger partial charge in [0.05, 0.1) is 0 Å². The van der Waals surface area contributed by atoms with Gasteiger partial charge in [-0.2, -0.15) is 5.26 Å². The number of nitrogens with zero attached hydrogens (tertiary/aromatic N) is 3. The molecular weight excluding hydrogens is 238 g/mol. The molecule has 0 bridgehead atoms. The molecule has 0 amide bonds. The first-order valence-corrected chi connectivity index (χ1v) is 6.01. The Bertz CT molecular complexity index is 598. The minimum absolute atomic E-state index is 0.377. The predicted molar refractivity (Wildman–Crippen MR) is 74.5 cm³/mol. The highest BCUT2D eigenvalue weighted by atomic mass is 15.1. The van der Waals surface area contributed by atoms with Crippen LogP contribution in [0.3, 0.4) is 0 Å². The Morgan fingerprint density at radius 2 is 2.00 bits per heavy atom. The van der Waals surface area contributed by atoms with E-state index in [1.807, 2.05) is 37.3 Å². The minimum atomic E-state index is 0.377. The van der Waals surface area contributed by atoms with Crippen molar-refractivity contribution in [1.82, 2.24) is 9.97 Å². The third kappa shape index (κ3) is 3.68. The maximum atomic E-state index is 8.84. The molecule has 0 aliphatic rings. The Morgan fingerprint density at radius 3 is 2.68 bits per heavy atom. The summed E-state index contributed by atoms with van der Waals surface area (Å²) in [6.07, 6.45) is 0.847. The van der Waals surface area contributed by atoms with Crippen LogP contribution < -0.4 is 11.1 Å². The molecule has 19 heavy (non-hydrogen) atoms. The lowest BCUT2D eigenvalue weighted by Gasteiger charge is -2.06. The third-order valence-electron chi connectivity index (χ3n) is 2.65. The molecule has 2 aromatic rings. The highest BCUT2D eigenvalue weighted by Crippen LogP contribution is 2.07. The van der Waals surface area contributed by atoms with Gasteiger partial charge in [0.25, 0.3) is 0 Å². The van der Waals surface area contributed by atoms with Crippen LogP contribution in [0.2, 0.25) is 0 Å². The van der Waals surface area contributed by atoms with E-state index < -0.39 is 0 Å². The van der Waals surface area contributed by atoms with E-state index in [4.69, 9.17) is 11.0 Å². The average molecular weight is 253 g/mol. The van der Waals surface area contributed by atoms with Gasteiger partial charge in [-0.25, -0.2) is 9.97 Å². The number of nitrogens with one attached hydrogen (secondary N) is 1. The van der Waals surface area contributed by atoms with Crippen LogP contribution in [0.25, 0.3) is 0 Å². The molecule has 0 atom stereocenters. The molecule has 5 heteroatoms. The van der Waals surface area contributed by atoms with E-state index in [0.717, 1.165) is 17.8 Å². The zero-order chi connectivity index (χ0) is 13.7. The molecule has 0 fully saturated rings. The van der Waals surface area contributed by atoms with Crippen LogP contribution in [0.4, 0.5) is 11.6 Å². The van der Waals surface area contributed by atoms with Gasteiger partial charge in [-0.15, -0.1) is 0 Å². The number of nitriles is 1. The molecule has 0 aliphatic heterocycles. The molecule has 0 aliphatic carbocycles. The molecule has 0 unspecified atom stereocenters. The molecule has 0 saturated carbocycles. The van der Waals surface area contributed by atoms with E-state index >= 15 is 0 Å². The van der Waals surface area contributed by atoms with Gasteiger partial charge < -0.3 is 11.1 Å². The van der Waals surface area contributed by atoms with Crippen molar-refractivity contribution < 1.29 is 0 Å². The van der Waals surface area contributed by atoms with Crippen molar-refractivity contribution in [3.8, 4) is 6.07 Å². The largest absolute Gasteiger partial charge is 0.399 e. The second kappa shape index (κ2) is 5.83. The van der Waals surface area contributed by atoms with Crippen molar-refractivity contribution in [2.75, 3.05) is 17.6 Å². The topological polar surface area (TPSA) is 87.6 Å². The smallest absolute Gasteiger partial charge is 0.224 e. The highest BCUT2D eigenvalue weighted by Gasteiger charge is 2.01. The summed E-state index contributed by atoms with van der Waals surface area (Å²) in [6, 6.07) is 11.4. The van der Waals surface area contributed by atoms with Crippen molar-refractivity contribution in [3.05, 3.63) is 47.3 Å². The first-order chi connectivity index (χ1) is 9.17. The first kappa shape index (κ1) is 12.8. The number of hydrogen-bond acceptors (Lipinski definition) is 5. The number of aromatic nitrogens is 2. The Hall–Kier alpha value is -2.61. The van der Waals surface area contributed by atoms with E-state index in [0.29, 0.717) is 18.2 Å². The van der Waals surface area contributed by atoms with Crippen molar-refractivity contribution >= 4 is 11.6 Å². The standard InChI is InChI=1S/C14H15N5/c1-10-8-13(9-15)19-14(18-10)17-7-6-11-2-4-12(16)5-3-11/h2-5,8H,6-7,16H2,1H3,(H,17,18,19). The van der Waals surface area contributed by atoms with Gasteiger partial charge in [-0.1, -0.05) is 12.1 Å². The van der Waals surface area contributed by atoms with Gasteiger partial charge >= 0.3 is 0 Å². The number of nitrogens with two attached hydrogens (primary N) is 1. The Morgan fingerprint density at radius 1 is 1.26 bits per heavy atom. The van der Waals surface area contributed by atoms with Crippen LogP contribution in [-0.2, 0) is 6.42 Å². The summed E-state index contributed by atoms with van der Waals surface area (Å²) in [6.45, 7) is 2.55. The monoisotopic (exact) mass is 253 g/mol. The van der Waals surface area contributed by atoms with Gasteiger partial charge in [0.1, 0.15) is 11.8 Å². The maximum absolute atomic E-state index is 8.84. The Labute approximate surface area is 112 Å². The lowest BCUT2D eigenvalue weighted by molar-refractivity contribution is 0.970. The van der Waals surface area contributed by atoms with Gasteiger partial charge in [-0.3, -0.25) is 0 Å². The van der Waals surface area contributed by atoms with Crippen molar-refractivity contribution in [3.63, 3.8) is 0 Å². The van der Waals surface area contributed by atoms with E-state index in [-0.39, 0.29) is 0 Å². The number of nitrogen functional groups attached to an aromatic ring is 1. The van der Waals surface area contributed by atoms with E-state index in [2.05, 4.69) is 15.3 Å². The van der Waals surface area contributed by atoms with E-state index in [9.17, 15) is 0 Å². The quantitative estimate of drug-likeness (QED) is 0.812. The van der Waals surface area contributed by atoms with Crippen molar-refractivity contribution in [2.45, 2.75) is 13.3 Å². The molecule has 1 aromatic heterocycles. The van der Waals surface area contributed by atoms with Crippen LogP contribution in [0, 0.1) is 18.3 Å². The first-order valence-electron chi connectivity index (χ1n) is 6.01. The molecule has 3 N–H and O–H groups in total. The maximum Gasteiger partial charge on any atom is 0.224 e. The normalized spacial score (nSPS) is 9.89. The second-order valence-electron chi connectivity index (χ2n) is 4.25. The molecule has 1 aromatic carbocycles. The molecule has 1 heterocycles. The number of hydrogen-bond donors (Lipinski definition) is 2. The van der Waals surface area contributed by atoms with Crippen LogP contribution in [0.5, 0.6) is 0 Å². The molecule has 5 nitrogen and oxygen atoms in total. The number of rotatable bonds is 4. The van der Waals surface area contributed by atoms with Crippen LogP contribution in [0.15, 0.2) is 30.3 Å². The number of benzene rings is 1. The second-order valence-corrected chi connectivity index (χ2v) is 4.25. The summed E-state index contributed by atoms with van der Waals surface area (Å²) in [7, 11) is 0. The fourth-order valence-corrected chi connectivity index (χ4v) is 1.71. The number of aryl methyl sites for hydroxylation is 1. The fraction of sp³-hybridized carbons (Fsp3) is 0.214. The summed E-state index contributed by atoms with van der Waals surface area (Å²) in [5, 5.41) is 12.0. The molecule has 0 saturated heterocycles. The molecule has 96 valence electrons. The zero-order valence-corrected chi connectivity index (χ0v) is 10.7. The Balaban J connectivity index is 1.94. The molecule has 2 rings (SSSR count). The summed E-state index contributed by atoms with van der Waals surface area (Å²) >= 11 is 0. The van der Waals surface area contributed by atoms with E-state index in [1.165, 1.54) is 5.56 Å². The van der Waals surface area contributed by atoms with Crippen molar-refractivity contribution in [1.29, 1.82) is 5.26 Å². The van der Waals surface area contributed by atoms with Gasteiger partial charge in [0, 0.05) is 17.9 Å². The lowest BCUT2D eigenvalue weighted by Crippen LogP contribution is -2.09. The summed E-state index contributed by atoms with van der Waals surface area (Å²) < 4.78 is 0. The third-order valence-corrected chi connectivity index (χ3v) is 2.65. The minimum Gasteiger partial charge on any atom is -0.399 e. The fourth-order valence-electron chi connectivity index (χ4n) is 1.71. The van der Waals surface area contributed by atoms with Crippen LogP contribution in [-0.4, -0.2) is 16.5 Å². The molecule has 0 radical (unpaired) electrons. The number of anilines is 2. The van der Waals surface area contributed by atoms with Gasteiger partial charge in [-0.05, 0) is 37.1 Å².